The Morgan fingerprint density at radius 2 is 2.27 bits per heavy atom. The minimum atomic E-state index is 0.689. The van der Waals surface area contributed by atoms with E-state index in [-0.39, 0.29) is 0 Å². The average Bonchev–Trinajstić information content (AvgIpc) is 2.85. The van der Waals surface area contributed by atoms with Crippen molar-refractivity contribution in [2.24, 2.45) is 0 Å². The topological polar surface area (TPSA) is 55.9 Å². The number of hydrogen-bond donors (Lipinski definition) is 2. The molecule has 0 aromatic carbocycles. The van der Waals surface area contributed by atoms with E-state index in [4.69, 9.17) is 5.73 Å². The standard InChI is InChI=1S/C11H20N4/c1-2-15-11(12)9(8-14-15)7-13-10-5-3-4-6-10/h8,10,13H,2-7,12H2,1H3. The molecule has 1 aromatic heterocycles. The van der Waals surface area contributed by atoms with Crippen LogP contribution in [0.3, 0.4) is 0 Å². The Morgan fingerprint density at radius 3 is 2.87 bits per heavy atom. The van der Waals surface area contributed by atoms with Crippen LogP contribution in [0.25, 0.3) is 0 Å². The van der Waals surface area contributed by atoms with E-state index in [9.17, 15) is 0 Å². The van der Waals surface area contributed by atoms with Crippen molar-refractivity contribution in [2.75, 3.05) is 5.73 Å². The first kappa shape index (κ1) is 10.5. The first-order valence-electron chi connectivity index (χ1n) is 5.84. The minimum absolute atomic E-state index is 0.689. The summed E-state index contributed by atoms with van der Waals surface area (Å²) >= 11 is 0. The third-order valence-corrected chi connectivity index (χ3v) is 3.20. The molecule has 2 rings (SSSR count). The number of aromatic nitrogens is 2. The molecule has 1 aliphatic carbocycles. The van der Waals surface area contributed by atoms with E-state index in [1.54, 1.807) is 0 Å². The van der Waals surface area contributed by atoms with E-state index in [1.807, 2.05) is 10.9 Å². The number of rotatable bonds is 4. The van der Waals surface area contributed by atoms with Crippen LogP contribution in [0.1, 0.15) is 38.2 Å². The number of hydrogen-bond acceptors (Lipinski definition) is 3. The number of nitrogens with zero attached hydrogens (tertiary/aromatic N) is 2. The van der Waals surface area contributed by atoms with Gasteiger partial charge in [-0.05, 0) is 19.8 Å². The highest BCUT2D eigenvalue weighted by Gasteiger charge is 2.15. The quantitative estimate of drug-likeness (QED) is 0.788. The zero-order chi connectivity index (χ0) is 10.7. The second-order valence-electron chi connectivity index (χ2n) is 4.23. The van der Waals surface area contributed by atoms with Crippen LogP contribution in [0.4, 0.5) is 5.82 Å². The van der Waals surface area contributed by atoms with Crippen LogP contribution in [0.2, 0.25) is 0 Å². The SMILES string of the molecule is CCn1ncc(CNC2CCCC2)c1N. The van der Waals surface area contributed by atoms with Gasteiger partial charge in [-0.2, -0.15) is 5.10 Å². The van der Waals surface area contributed by atoms with Crippen molar-refractivity contribution in [3.63, 3.8) is 0 Å². The van der Waals surface area contributed by atoms with E-state index in [1.165, 1.54) is 25.7 Å². The summed E-state index contributed by atoms with van der Waals surface area (Å²) in [5, 5.41) is 7.77. The molecule has 4 nitrogen and oxygen atoms in total. The lowest BCUT2D eigenvalue weighted by Gasteiger charge is -2.11. The molecule has 1 saturated carbocycles. The molecule has 0 bridgehead atoms. The molecular formula is C11H20N4. The van der Waals surface area contributed by atoms with Crippen LogP contribution < -0.4 is 11.1 Å². The predicted molar refractivity (Wildman–Crippen MR) is 61.4 cm³/mol. The molecule has 1 aromatic rings. The van der Waals surface area contributed by atoms with Crippen molar-refractivity contribution >= 4 is 5.82 Å². The zero-order valence-corrected chi connectivity index (χ0v) is 9.37. The highest BCUT2D eigenvalue weighted by molar-refractivity contribution is 5.38. The molecule has 0 saturated heterocycles. The molecule has 15 heavy (non-hydrogen) atoms. The fourth-order valence-corrected chi connectivity index (χ4v) is 2.21. The third-order valence-electron chi connectivity index (χ3n) is 3.20. The lowest BCUT2D eigenvalue weighted by atomic mass is 10.2. The van der Waals surface area contributed by atoms with Crippen molar-refractivity contribution < 1.29 is 0 Å². The highest BCUT2D eigenvalue weighted by atomic mass is 15.3. The third kappa shape index (κ3) is 2.31. The number of anilines is 1. The van der Waals surface area contributed by atoms with Gasteiger partial charge in [0.15, 0.2) is 0 Å². The molecule has 4 heteroatoms. The lowest BCUT2D eigenvalue weighted by Crippen LogP contribution is -2.25. The Labute approximate surface area is 90.8 Å². The normalized spacial score (nSPS) is 17.4. The summed E-state index contributed by atoms with van der Waals surface area (Å²) in [6.07, 6.45) is 7.22. The van der Waals surface area contributed by atoms with Crippen LogP contribution in [0.5, 0.6) is 0 Å². The molecule has 1 aliphatic rings. The smallest absolute Gasteiger partial charge is 0.126 e. The molecule has 1 fully saturated rings. The Balaban J connectivity index is 1.89. The van der Waals surface area contributed by atoms with Crippen LogP contribution in [-0.2, 0) is 13.1 Å². The summed E-state index contributed by atoms with van der Waals surface area (Å²) in [6, 6.07) is 0.689. The maximum absolute atomic E-state index is 5.96. The highest BCUT2D eigenvalue weighted by Crippen LogP contribution is 2.19. The largest absolute Gasteiger partial charge is 0.384 e. The van der Waals surface area contributed by atoms with Gasteiger partial charge in [0, 0.05) is 24.7 Å². The summed E-state index contributed by atoms with van der Waals surface area (Å²) in [4.78, 5) is 0. The summed E-state index contributed by atoms with van der Waals surface area (Å²) in [6.45, 7) is 3.75. The predicted octanol–water partition coefficient (Wildman–Crippen LogP) is 1.52. The molecule has 0 aliphatic heterocycles. The summed E-state index contributed by atoms with van der Waals surface area (Å²) in [7, 11) is 0. The number of nitrogen functional groups attached to an aromatic ring is 1. The molecular weight excluding hydrogens is 188 g/mol. The molecule has 0 amide bonds. The van der Waals surface area contributed by atoms with Gasteiger partial charge in [0.2, 0.25) is 0 Å². The van der Waals surface area contributed by atoms with Gasteiger partial charge in [-0.1, -0.05) is 12.8 Å². The van der Waals surface area contributed by atoms with E-state index < -0.39 is 0 Å². The minimum Gasteiger partial charge on any atom is -0.384 e. The van der Waals surface area contributed by atoms with Crippen molar-refractivity contribution in [1.29, 1.82) is 0 Å². The summed E-state index contributed by atoms with van der Waals surface area (Å²) in [5.74, 6) is 0.808. The van der Waals surface area contributed by atoms with Gasteiger partial charge in [0.1, 0.15) is 5.82 Å². The molecule has 0 unspecified atom stereocenters. The van der Waals surface area contributed by atoms with Gasteiger partial charge >= 0.3 is 0 Å². The Kier molecular flexibility index (Phi) is 3.26. The molecule has 0 radical (unpaired) electrons. The van der Waals surface area contributed by atoms with Gasteiger partial charge in [0.25, 0.3) is 0 Å². The zero-order valence-electron chi connectivity index (χ0n) is 9.37. The van der Waals surface area contributed by atoms with E-state index in [0.717, 1.165) is 24.5 Å². The molecule has 0 spiro atoms. The molecule has 1 heterocycles. The molecule has 3 N–H and O–H groups in total. The van der Waals surface area contributed by atoms with Crippen molar-refractivity contribution in [3.05, 3.63) is 11.8 Å². The first-order chi connectivity index (χ1) is 7.31. The Morgan fingerprint density at radius 1 is 1.53 bits per heavy atom. The van der Waals surface area contributed by atoms with Crippen molar-refractivity contribution in [3.8, 4) is 0 Å². The van der Waals surface area contributed by atoms with Gasteiger partial charge in [-0.15, -0.1) is 0 Å². The van der Waals surface area contributed by atoms with Crippen molar-refractivity contribution in [1.82, 2.24) is 15.1 Å². The van der Waals surface area contributed by atoms with Crippen LogP contribution >= 0.6 is 0 Å². The molecule has 84 valence electrons. The van der Waals surface area contributed by atoms with Gasteiger partial charge < -0.3 is 11.1 Å². The maximum Gasteiger partial charge on any atom is 0.126 e. The number of nitrogens with one attached hydrogen (secondary N) is 1. The maximum atomic E-state index is 5.96. The van der Waals surface area contributed by atoms with Crippen LogP contribution in [0.15, 0.2) is 6.20 Å². The Hall–Kier alpha value is -1.03. The average molecular weight is 208 g/mol. The van der Waals surface area contributed by atoms with E-state index in [0.29, 0.717) is 6.04 Å². The van der Waals surface area contributed by atoms with E-state index in [2.05, 4.69) is 17.3 Å². The van der Waals surface area contributed by atoms with Crippen molar-refractivity contribution in [2.45, 2.75) is 51.7 Å². The number of aryl methyl sites for hydroxylation is 1. The van der Waals surface area contributed by atoms with E-state index >= 15 is 0 Å². The van der Waals surface area contributed by atoms with Gasteiger partial charge in [-0.25, -0.2) is 0 Å². The first-order valence-corrected chi connectivity index (χ1v) is 5.84. The summed E-state index contributed by atoms with van der Waals surface area (Å²) in [5.41, 5.74) is 7.09. The van der Waals surface area contributed by atoms with Gasteiger partial charge in [0.05, 0.1) is 6.20 Å². The molecule has 0 atom stereocenters. The Bertz CT molecular complexity index is 312. The van der Waals surface area contributed by atoms with Crippen LogP contribution in [0, 0.1) is 0 Å². The second-order valence-corrected chi connectivity index (χ2v) is 4.23. The van der Waals surface area contributed by atoms with Crippen LogP contribution in [-0.4, -0.2) is 15.8 Å². The second kappa shape index (κ2) is 4.66. The monoisotopic (exact) mass is 208 g/mol. The summed E-state index contributed by atoms with van der Waals surface area (Å²) < 4.78 is 1.84. The lowest BCUT2D eigenvalue weighted by molar-refractivity contribution is 0.524. The number of nitrogens with two attached hydrogens (primary N) is 1. The fourth-order valence-electron chi connectivity index (χ4n) is 2.21. The fraction of sp³-hybridized carbons (Fsp3) is 0.727. The van der Waals surface area contributed by atoms with Gasteiger partial charge in [-0.3, -0.25) is 4.68 Å².